The van der Waals surface area contributed by atoms with E-state index in [9.17, 15) is 10.1 Å². The van der Waals surface area contributed by atoms with Gasteiger partial charge in [0.25, 0.3) is 5.69 Å². The Hall–Kier alpha value is -1.69. The fraction of sp³-hybridized carbons (Fsp3) is 0.100. The van der Waals surface area contributed by atoms with E-state index in [0.29, 0.717) is 4.47 Å². The van der Waals surface area contributed by atoms with Crippen LogP contribution in [0.5, 0.6) is 0 Å². The minimum absolute atomic E-state index is 0.0551. The largest absolute Gasteiger partial charge is 0.270 e. The standard InChI is InChI=1S/C10H8BrN3O2/c1-7-4-5-13(12-7)10-3-2-8(14(15)16)6-9(10)11/h2-6H,1H3. The SMILES string of the molecule is Cc1ccn(-c2ccc([N+](=O)[O-])cc2Br)n1. The molecule has 1 heterocycles. The highest BCUT2D eigenvalue weighted by Gasteiger charge is 2.10. The predicted molar refractivity (Wildman–Crippen MR) is 62.7 cm³/mol. The highest BCUT2D eigenvalue weighted by molar-refractivity contribution is 9.10. The van der Waals surface area contributed by atoms with Crippen molar-refractivity contribution in [2.24, 2.45) is 0 Å². The molecular weight excluding hydrogens is 274 g/mol. The number of rotatable bonds is 2. The van der Waals surface area contributed by atoms with Gasteiger partial charge in [0.05, 0.1) is 20.8 Å². The third-order valence-corrected chi connectivity index (χ3v) is 2.75. The summed E-state index contributed by atoms with van der Waals surface area (Å²) in [5.41, 5.74) is 1.73. The van der Waals surface area contributed by atoms with Crippen LogP contribution in [0.2, 0.25) is 0 Å². The van der Waals surface area contributed by atoms with Crippen LogP contribution in [0, 0.1) is 17.0 Å². The summed E-state index contributed by atoms with van der Waals surface area (Å²) in [5, 5.41) is 14.8. The molecule has 0 aliphatic rings. The Morgan fingerprint density at radius 2 is 2.19 bits per heavy atom. The molecule has 5 nitrogen and oxygen atoms in total. The predicted octanol–water partition coefficient (Wildman–Crippen LogP) is 2.85. The minimum atomic E-state index is -0.428. The number of hydrogen-bond acceptors (Lipinski definition) is 3. The zero-order valence-electron chi connectivity index (χ0n) is 8.42. The Morgan fingerprint density at radius 1 is 1.44 bits per heavy atom. The fourth-order valence-electron chi connectivity index (χ4n) is 1.34. The summed E-state index contributed by atoms with van der Waals surface area (Å²) < 4.78 is 2.31. The third-order valence-electron chi connectivity index (χ3n) is 2.11. The van der Waals surface area contributed by atoms with Crippen LogP contribution >= 0.6 is 15.9 Å². The number of nitro groups is 1. The van der Waals surface area contributed by atoms with Gasteiger partial charge < -0.3 is 0 Å². The molecule has 2 aromatic rings. The fourth-order valence-corrected chi connectivity index (χ4v) is 1.89. The van der Waals surface area contributed by atoms with Gasteiger partial charge in [-0.25, -0.2) is 4.68 Å². The van der Waals surface area contributed by atoms with E-state index in [1.54, 1.807) is 16.9 Å². The Morgan fingerprint density at radius 3 is 2.69 bits per heavy atom. The highest BCUT2D eigenvalue weighted by atomic mass is 79.9. The molecule has 0 fully saturated rings. The lowest BCUT2D eigenvalue weighted by Crippen LogP contribution is -1.97. The molecule has 1 aromatic carbocycles. The van der Waals surface area contributed by atoms with Crippen molar-refractivity contribution in [2.45, 2.75) is 6.92 Å². The molecule has 2 rings (SSSR count). The van der Waals surface area contributed by atoms with Crippen LogP contribution in [0.15, 0.2) is 34.9 Å². The van der Waals surface area contributed by atoms with E-state index in [1.807, 2.05) is 13.0 Å². The quantitative estimate of drug-likeness (QED) is 0.628. The number of aromatic nitrogens is 2. The zero-order valence-corrected chi connectivity index (χ0v) is 10.0. The van der Waals surface area contributed by atoms with Gasteiger partial charge in [-0.05, 0) is 35.0 Å². The zero-order chi connectivity index (χ0) is 11.7. The molecule has 0 aliphatic heterocycles. The van der Waals surface area contributed by atoms with Crippen LogP contribution in [0.3, 0.4) is 0 Å². The van der Waals surface area contributed by atoms with Gasteiger partial charge in [0.15, 0.2) is 0 Å². The van der Waals surface area contributed by atoms with E-state index >= 15 is 0 Å². The molecule has 0 aliphatic carbocycles. The van der Waals surface area contributed by atoms with Crippen LogP contribution in [-0.2, 0) is 0 Å². The number of halogens is 1. The molecule has 0 unspecified atom stereocenters. The molecule has 0 bridgehead atoms. The maximum Gasteiger partial charge on any atom is 0.270 e. The van der Waals surface area contributed by atoms with Crippen molar-refractivity contribution < 1.29 is 4.92 Å². The summed E-state index contributed by atoms with van der Waals surface area (Å²) >= 11 is 3.30. The molecule has 0 radical (unpaired) electrons. The second kappa shape index (κ2) is 4.05. The number of nitrogens with zero attached hydrogens (tertiary/aromatic N) is 3. The Balaban J connectivity index is 2.47. The molecule has 82 valence electrons. The minimum Gasteiger partial charge on any atom is -0.258 e. The second-order valence-electron chi connectivity index (χ2n) is 3.29. The van der Waals surface area contributed by atoms with Crippen molar-refractivity contribution in [3.8, 4) is 5.69 Å². The summed E-state index contributed by atoms with van der Waals surface area (Å²) in [6.07, 6.45) is 1.81. The molecule has 6 heteroatoms. The molecule has 0 N–H and O–H groups in total. The van der Waals surface area contributed by atoms with E-state index in [4.69, 9.17) is 0 Å². The molecule has 0 spiro atoms. The van der Waals surface area contributed by atoms with Gasteiger partial charge in [0, 0.05) is 18.3 Å². The van der Waals surface area contributed by atoms with Crippen molar-refractivity contribution in [2.75, 3.05) is 0 Å². The van der Waals surface area contributed by atoms with E-state index in [0.717, 1.165) is 11.4 Å². The molecular formula is C10H8BrN3O2. The highest BCUT2D eigenvalue weighted by Crippen LogP contribution is 2.25. The van der Waals surface area contributed by atoms with Gasteiger partial charge in [0.2, 0.25) is 0 Å². The Bertz CT molecular complexity index is 551. The van der Waals surface area contributed by atoms with E-state index < -0.39 is 4.92 Å². The van der Waals surface area contributed by atoms with Gasteiger partial charge in [-0.3, -0.25) is 10.1 Å². The lowest BCUT2D eigenvalue weighted by molar-refractivity contribution is -0.384. The van der Waals surface area contributed by atoms with E-state index in [1.165, 1.54) is 12.1 Å². The first kappa shape index (κ1) is 10.8. The van der Waals surface area contributed by atoms with Crippen molar-refractivity contribution in [1.29, 1.82) is 0 Å². The maximum absolute atomic E-state index is 10.6. The molecule has 0 atom stereocenters. The Kier molecular flexibility index (Phi) is 2.74. The van der Waals surface area contributed by atoms with Crippen molar-refractivity contribution >= 4 is 21.6 Å². The average molecular weight is 282 g/mol. The molecule has 0 amide bonds. The Labute approximate surface area is 100.0 Å². The van der Waals surface area contributed by atoms with E-state index in [2.05, 4.69) is 21.0 Å². The third kappa shape index (κ3) is 1.96. The average Bonchev–Trinajstić information content (AvgIpc) is 2.64. The number of non-ortho nitro benzene ring substituents is 1. The van der Waals surface area contributed by atoms with E-state index in [-0.39, 0.29) is 5.69 Å². The molecule has 16 heavy (non-hydrogen) atoms. The van der Waals surface area contributed by atoms with Crippen LogP contribution in [0.25, 0.3) is 5.69 Å². The first-order valence-electron chi connectivity index (χ1n) is 4.54. The lowest BCUT2D eigenvalue weighted by atomic mass is 10.3. The summed E-state index contributed by atoms with van der Waals surface area (Å²) in [4.78, 5) is 10.1. The molecule has 0 saturated carbocycles. The number of benzene rings is 1. The summed E-state index contributed by atoms with van der Waals surface area (Å²) in [5.74, 6) is 0. The van der Waals surface area contributed by atoms with Gasteiger partial charge >= 0.3 is 0 Å². The summed E-state index contributed by atoms with van der Waals surface area (Å²) in [7, 11) is 0. The summed E-state index contributed by atoms with van der Waals surface area (Å²) in [6, 6.07) is 6.45. The maximum atomic E-state index is 10.6. The van der Waals surface area contributed by atoms with Gasteiger partial charge in [0.1, 0.15) is 0 Å². The van der Waals surface area contributed by atoms with Crippen molar-refractivity contribution in [3.63, 3.8) is 0 Å². The first-order chi connectivity index (χ1) is 7.58. The lowest BCUT2D eigenvalue weighted by Gasteiger charge is -2.03. The van der Waals surface area contributed by atoms with Crippen LogP contribution < -0.4 is 0 Å². The number of hydrogen-bond donors (Lipinski definition) is 0. The topological polar surface area (TPSA) is 61.0 Å². The van der Waals surface area contributed by atoms with Gasteiger partial charge in [-0.15, -0.1) is 0 Å². The van der Waals surface area contributed by atoms with Gasteiger partial charge in [-0.2, -0.15) is 5.10 Å². The molecule has 0 saturated heterocycles. The van der Waals surface area contributed by atoms with Crippen LogP contribution in [0.1, 0.15) is 5.69 Å². The van der Waals surface area contributed by atoms with Crippen LogP contribution in [-0.4, -0.2) is 14.7 Å². The second-order valence-corrected chi connectivity index (χ2v) is 4.15. The number of nitro benzene ring substituents is 1. The monoisotopic (exact) mass is 281 g/mol. The summed E-state index contributed by atoms with van der Waals surface area (Å²) in [6.45, 7) is 1.88. The smallest absolute Gasteiger partial charge is 0.258 e. The normalized spacial score (nSPS) is 10.4. The van der Waals surface area contributed by atoms with Gasteiger partial charge in [-0.1, -0.05) is 0 Å². The van der Waals surface area contributed by atoms with Crippen LogP contribution in [0.4, 0.5) is 5.69 Å². The number of aryl methyl sites for hydroxylation is 1. The van der Waals surface area contributed by atoms with Crippen molar-refractivity contribution in [1.82, 2.24) is 9.78 Å². The first-order valence-corrected chi connectivity index (χ1v) is 5.34. The molecule has 1 aromatic heterocycles. The van der Waals surface area contributed by atoms with Crippen molar-refractivity contribution in [3.05, 3.63) is 50.7 Å².